The van der Waals surface area contributed by atoms with Crippen molar-refractivity contribution in [2.45, 2.75) is 19.8 Å². The summed E-state index contributed by atoms with van der Waals surface area (Å²) in [6, 6.07) is 0. The molecular formula is C9H16O2Pt. The van der Waals surface area contributed by atoms with Gasteiger partial charge in [-0.2, -0.15) is 5.92 Å². The van der Waals surface area contributed by atoms with Gasteiger partial charge in [-0.25, -0.2) is 0 Å². The average Bonchev–Trinajstić information content (AvgIpc) is 1.98. The summed E-state index contributed by atoms with van der Waals surface area (Å²) in [5.74, 6) is 0.238. The molecule has 0 atom stereocenters. The molecule has 1 aliphatic rings. The van der Waals surface area contributed by atoms with Crippen LogP contribution in [0.1, 0.15) is 19.8 Å². The van der Waals surface area contributed by atoms with E-state index in [0.717, 1.165) is 5.92 Å². The Morgan fingerprint density at radius 1 is 1.17 bits per heavy atom. The molecule has 3 heteroatoms. The summed E-state index contributed by atoms with van der Waals surface area (Å²) in [4.78, 5) is 20.9. The van der Waals surface area contributed by atoms with Crippen molar-refractivity contribution < 1.29 is 30.7 Å². The summed E-state index contributed by atoms with van der Waals surface area (Å²) in [6.45, 7) is 1.72. The molecule has 0 spiro atoms. The van der Waals surface area contributed by atoms with E-state index >= 15 is 0 Å². The second-order valence-electron chi connectivity index (χ2n) is 2.03. The minimum absolute atomic E-state index is 0. The molecule has 0 aromatic heterocycles. The summed E-state index contributed by atoms with van der Waals surface area (Å²) in [6.07, 6.45) is 1.11. The molecule has 2 nitrogen and oxygen atoms in total. The number of Topliss-reactive ketones (excluding diaryl/α,β-unsaturated/α-hetero) is 2. The van der Waals surface area contributed by atoms with Gasteiger partial charge in [0.05, 0.1) is 5.78 Å². The molecule has 0 aromatic rings. The van der Waals surface area contributed by atoms with Crippen molar-refractivity contribution in [3.8, 4) is 0 Å². The van der Waals surface area contributed by atoms with E-state index in [1.54, 1.807) is 6.92 Å². The van der Waals surface area contributed by atoms with Gasteiger partial charge in [-0.3, -0.25) is 0 Å². The Bertz CT molecular complexity index is 143. The zero-order valence-corrected chi connectivity index (χ0v) is 10.3. The summed E-state index contributed by atoms with van der Waals surface area (Å²) in [5.41, 5.74) is 0. The molecule has 0 N–H and O–H groups in total. The van der Waals surface area contributed by atoms with Crippen LogP contribution in [0.15, 0.2) is 0 Å². The molecule has 74 valence electrons. The fourth-order valence-electron chi connectivity index (χ4n) is 0.766. The van der Waals surface area contributed by atoms with Gasteiger partial charge in [0.25, 0.3) is 0 Å². The largest absolute Gasteiger partial charge is 4.00 e. The first-order valence-electron chi connectivity index (χ1n) is 2.62. The van der Waals surface area contributed by atoms with E-state index in [4.69, 9.17) is 0 Å². The Labute approximate surface area is 90.4 Å². The second kappa shape index (κ2) is 8.99. The van der Waals surface area contributed by atoms with Gasteiger partial charge in [-0.1, -0.05) is 6.42 Å². The van der Waals surface area contributed by atoms with E-state index in [1.165, 1.54) is 0 Å². The van der Waals surface area contributed by atoms with Crippen LogP contribution in [0.4, 0.5) is 0 Å². The van der Waals surface area contributed by atoms with Crippen molar-refractivity contribution in [1.82, 2.24) is 0 Å². The summed E-state index contributed by atoms with van der Waals surface area (Å²) in [5, 5.41) is 0. The minimum Gasteiger partial charge on any atom is -0.403 e. The van der Waals surface area contributed by atoms with Gasteiger partial charge in [0.1, 0.15) is 0 Å². The van der Waals surface area contributed by atoms with Crippen molar-refractivity contribution in [2.75, 3.05) is 0 Å². The van der Waals surface area contributed by atoms with Crippen LogP contribution in [0, 0.1) is 28.2 Å². The molecule has 1 saturated carbocycles. The van der Waals surface area contributed by atoms with Gasteiger partial charge in [-0.15, -0.1) is 13.3 Å². The third-order valence-corrected chi connectivity index (χ3v) is 1.37. The van der Waals surface area contributed by atoms with E-state index in [2.05, 4.69) is 0 Å². The van der Waals surface area contributed by atoms with Gasteiger partial charge >= 0.3 is 21.1 Å². The fraction of sp³-hybridized carbons (Fsp3) is 0.333. The Balaban J connectivity index is -0.0000000800. The second-order valence-corrected chi connectivity index (χ2v) is 2.03. The molecule has 0 radical (unpaired) electrons. The van der Waals surface area contributed by atoms with Crippen LogP contribution in [0.2, 0.25) is 0 Å². The molecule has 0 unspecified atom stereocenters. The van der Waals surface area contributed by atoms with E-state index in [0.29, 0.717) is 12.8 Å². The molecule has 0 amide bonds. The maximum absolute atomic E-state index is 10.5. The fourth-order valence-corrected chi connectivity index (χ4v) is 0.766. The monoisotopic (exact) mass is 351 g/mol. The normalized spacial score (nSPS) is 13.6. The van der Waals surface area contributed by atoms with Crippen molar-refractivity contribution in [1.29, 1.82) is 0 Å². The summed E-state index contributed by atoms with van der Waals surface area (Å²) < 4.78 is 0. The van der Waals surface area contributed by atoms with Gasteiger partial charge in [0, 0.05) is 5.78 Å². The van der Waals surface area contributed by atoms with E-state index in [9.17, 15) is 9.59 Å². The Kier molecular flexibility index (Phi) is 17.0. The van der Waals surface area contributed by atoms with Crippen LogP contribution in [0.3, 0.4) is 0 Å². The first-order valence-corrected chi connectivity index (χ1v) is 2.62. The van der Waals surface area contributed by atoms with Crippen molar-refractivity contribution in [2.24, 2.45) is 0 Å². The molecular weight excluding hydrogens is 335 g/mol. The van der Waals surface area contributed by atoms with Gasteiger partial charge in [0.2, 0.25) is 0 Å². The zero-order chi connectivity index (χ0) is 6.15. The van der Waals surface area contributed by atoms with Gasteiger partial charge in [-0.05, 0) is 0 Å². The maximum atomic E-state index is 10.5. The predicted molar refractivity (Wildman–Crippen MR) is 47.4 cm³/mol. The zero-order valence-electron chi connectivity index (χ0n) is 8.05. The van der Waals surface area contributed by atoms with Crippen LogP contribution in [0.25, 0.3) is 0 Å². The minimum atomic E-state index is -0.259. The van der Waals surface area contributed by atoms with E-state index in [1.807, 2.05) is 0 Å². The number of hydrogen-bond donors (Lipinski definition) is 0. The summed E-state index contributed by atoms with van der Waals surface area (Å²) in [7, 11) is 0. The van der Waals surface area contributed by atoms with Gasteiger partial charge < -0.3 is 31.9 Å². The number of rotatable bonds is 0. The number of hydrogen-bond acceptors (Lipinski definition) is 2. The molecule has 1 aliphatic carbocycles. The SMILES string of the molecule is C[C-]1CCC(=O)C1=O.[CH3-].[CH3-].[CH3-].[Pt+4]. The van der Waals surface area contributed by atoms with Crippen LogP contribution < -0.4 is 0 Å². The van der Waals surface area contributed by atoms with Crippen LogP contribution in [-0.2, 0) is 30.7 Å². The van der Waals surface area contributed by atoms with Crippen molar-refractivity contribution in [3.05, 3.63) is 28.2 Å². The predicted octanol–water partition coefficient (Wildman–Crippen LogP) is 1.86. The maximum Gasteiger partial charge on any atom is 4.00 e. The average molecular weight is 351 g/mol. The van der Waals surface area contributed by atoms with E-state index < -0.39 is 0 Å². The molecule has 0 aliphatic heterocycles. The van der Waals surface area contributed by atoms with Gasteiger partial charge in [0.15, 0.2) is 0 Å². The Hall–Kier alpha value is -0.102. The standard InChI is InChI=1S/C6H7O2.3CH3.Pt/c1-4-2-3-5(7)6(4)8;;;;/h2-3H2,1H3;3*1H3;/q4*-1;+4. The van der Waals surface area contributed by atoms with E-state index in [-0.39, 0.29) is 54.9 Å². The Morgan fingerprint density at radius 3 is 1.67 bits per heavy atom. The van der Waals surface area contributed by atoms with Crippen LogP contribution in [0.5, 0.6) is 0 Å². The van der Waals surface area contributed by atoms with Crippen molar-refractivity contribution >= 4 is 11.6 Å². The molecule has 0 bridgehead atoms. The third-order valence-electron chi connectivity index (χ3n) is 1.37. The summed E-state index contributed by atoms with van der Waals surface area (Å²) >= 11 is 0. The molecule has 0 heterocycles. The Morgan fingerprint density at radius 2 is 1.58 bits per heavy atom. The molecule has 1 rings (SSSR count). The molecule has 0 saturated heterocycles. The third kappa shape index (κ3) is 4.71. The number of carbonyl (C=O) groups is 2. The number of ketones is 2. The number of carbonyl (C=O) groups excluding carboxylic acids is 2. The van der Waals surface area contributed by atoms with Crippen molar-refractivity contribution in [3.63, 3.8) is 0 Å². The smallest absolute Gasteiger partial charge is 0.403 e. The topological polar surface area (TPSA) is 34.1 Å². The first-order chi connectivity index (χ1) is 3.72. The molecule has 1 fully saturated rings. The van der Waals surface area contributed by atoms with Crippen LogP contribution >= 0.6 is 0 Å². The molecule has 12 heavy (non-hydrogen) atoms. The quantitative estimate of drug-likeness (QED) is 0.493. The first kappa shape index (κ1) is 22.7. The molecule has 0 aromatic carbocycles. The van der Waals surface area contributed by atoms with Crippen LogP contribution in [-0.4, -0.2) is 11.6 Å².